The Bertz CT molecular complexity index is 1090. The summed E-state index contributed by atoms with van der Waals surface area (Å²) >= 11 is 0. The Hall–Kier alpha value is -2.97. The molecular formula is C28H37N2O6+. The fourth-order valence-electron chi connectivity index (χ4n) is 5.03. The zero-order chi connectivity index (χ0) is 25.7. The predicted molar refractivity (Wildman–Crippen MR) is 132 cm³/mol. The van der Waals surface area contributed by atoms with Crippen LogP contribution in [0.25, 0.3) is 0 Å². The van der Waals surface area contributed by atoms with Crippen LogP contribution < -0.4 is 9.30 Å². The van der Waals surface area contributed by atoms with E-state index in [2.05, 4.69) is 19.1 Å². The number of fused-ring (bicyclic) bond motifs is 1. The molecule has 194 valence electrons. The highest BCUT2D eigenvalue weighted by molar-refractivity contribution is 5.77. The minimum absolute atomic E-state index is 0.0531. The average molecular weight is 498 g/mol. The number of carboxylic acids is 1. The van der Waals surface area contributed by atoms with Gasteiger partial charge in [0.2, 0.25) is 5.91 Å². The van der Waals surface area contributed by atoms with Crippen LogP contribution in [0.3, 0.4) is 0 Å². The smallest absolute Gasteiger partial charge is 0.305 e. The van der Waals surface area contributed by atoms with Gasteiger partial charge in [-0.3, -0.25) is 9.59 Å². The van der Waals surface area contributed by atoms with Crippen molar-refractivity contribution in [3.63, 3.8) is 0 Å². The second-order valence-corrected chi connectivity index (χ2v) is 10.2. The number of carbonyl (C=O) groups is 2. The number of carbonyl (C=O) groups excluding carboxylic acids is 1. The molecule has 36 heavy (non-hydrogen) atoms. The van der Waals surface area contributed by atoms with Crippen molar-refractivity contribution in [3.8, 4) is 5.75 Å². The molecule has 2 unspecified atom stereocenters. The third-order valence-corrected chi connectivity index (χ3v) is 7.00. The molecular weight excluding hydrogens is 460 g/mol. The van der Waals surface area contributed by atoms with E-state index in [9.17, 15) is 9.59 Å². The van der Waals surface area contributed by atoms with Crippen molar-refractivity contribution in [3.05, 3.63) is 59.4 Å². The predicted octanol–water partition coefficient (Wildman–Crippen LogP) is 3.93. The lowest BCUT2D eigenvalue weighted by molar-refractivity contribution is -0.733. The van der Waals surface area contributed by atoms with E-state index in [1.165, 1.54) is 0 Å². The van der Waals surface area contributed by atoms with Crippen LogP contribution in [0, 0.1) is 6.92 Å². The summed E-state index contributed by atoms with van der Waals surface area (Å²) in [6, 6.07) is 9.73. The summed E-state index contributed by atoms with van der Waals surface area (Å²) in [5.74, 6) is -0.0345. The second-order valence-electron chi connectivity index (χ2n) is 10.2. The van der Waals surface area contributed by atoms with Crippen LogP contribution in [0.5, 0.6) is 5.75 Å². The summed E-state index contributed by atoms with van der Waals surface area (Å²) in [5.41, 5.74) is 2.47. The number of carboxylic acid groups (broad SMARTS) is 1. The molecule has 8 heteroatoms. The largest absolute Gasteiger partial charge is 0.484 e. The van der Waals surface area contributed by atoms with Crippen LogP contribution in [0.1, 0.15) is 68.7 Å². The van der Waals surface area contributed by atoms with E-state index in [4.69, 9.17) is 19.3 Å². The van der Waals surface area contributed by atoms with Crippen LogP contribution in [-0.4, -0.2) is 46.7 Å². The van der Waals surface area contributed by atoms with E-state index in [0.29, 0.717) is 19.6 Å². The monoisotopic (exact) mass is 497 g/mol. The van der Waals surface area contributed by atoms with Crippen LogP contribution in [0.2, 0.25) is 0 Å². The first-order chi connectivity index (χ1) is 17.3. The lowest BCUT2D eigenvalue weighted by atomic mass is 9.85. The van der Waals surface area contributed by atoms with Crippen molar-refractivity contribution in [2.45, 2.75) is 84.0 Å². The number of likely N-dealkylation sites (tertiary alicyclic amines) is 1. The summed E-state index contributed by atoms with van der Waals surface area (Å²) < 4.78 is 20.5. The molecule has 0 saturated carbocycles. The highest BCUT2D eigenvalue weighted by Gasteiger charge is 2.49. The number of aliphatic carboxylic acids is 1. The number of benzene rings is 1. The first-order valence-corrected chi connectivity index (χ1v) is 12.7. The molecule has 0 spiro atoms. The lowest BCUT2D eigenvalue weighted by Crippen LogP contribution is -2.56. The number of rotatable bonds is 9. The van der Waals surface area contributed by atoms with Gasteiger partial charge in [-0.1, -0.05) is 30.7 Å². The van der Waals surface area contributed by atoms with Gasteiger partial charge in [-0.2, -0.15) is 4.57 Å². The third kappa shape index (κ3) is 6.05. The Balaban J connectivity index is 1.67. The Morgan fingerprint density at radius 1 is 1.22 bits per heavy atom. The quantitative estimate of drug-likeness (QED) is 0.417. The van der Waals surface area contributed by atoms with E-state index >= 15 is 0 Å². The van der Waals surface area contributed by atoms with E-state index in [1.54, 1.807) is 0 Å². The van der Waals surface area contributed by atoms with E-state index in [0.717, 1.165) is 41.7 Å². The summed E-state index contributed by atoms with van der Waals surface area (Å²) in [4.78, 5) is 26.1. The molecule has 2 aliphatic rings. The zero-order valence-corrected chi connectivity index (χ0v) is 21.4. The van der Waals surface area contributed by atoms with Gasteiger partial charge in [0, 0.05) is 19.0 Å². The fraction of sp³-hybridized carbons (Fsp3) is 0.536. The summed E-state index contributed by atoms with van der Waals surface area (Å²) in [6.07, 6.45) is 6.76. The molecule has 1 fully saturated rings. The fourth-order valence-corrected chi connectivity index (χ4v) is 5.03. The summed E-state index contributed by atoms with van der Waals surface area (Å²) in [6.45, 7) is 7.53. The molecule has 3 heterocycles. The number of aromatic nitrogens is 1. The van der Waals surface area contributed by atoms with E-state index < -0.39 is 17.7 Å². The lowest BCUT2D eigenvalue weighted by Gasteiger charge is -2.47. The third-order valence-electron chi connectivity index (χ3n) is 7.00. The minimum Gasteiger partial charge on any atom is -0.484 e. The van der Waals surface area contributed by atoms with Crippen LogP contribution in [0.15, 0.2) is 42.7 Å². The normalized spacial score (nSPS) is 21.4. The van der Waals surface area contributed by atoms with Gasteiger partial charge in [-0.15, -0.1) is 0 Å². The highest BCUT2D eigenvalue weighted by Crippen LogP contribution is 2.44. The molecule has 0 aliphatic carbocycles. The Morgan fingerprint density at radius 3 is 2.81 bits per heavy atom. The van der Waals surface area contributed by atoms with E-state index in [1.807, 2.05) is 53.9 Å². The number of ether oxygens (including phenoxy) is 3. The SMILES string of the molecule is Cc1ccccc1COC1C(N2CCCCCC2=O)c2c[n+](COCCC(=O)O)ccc2OC1(C)C. The van der Waals surface area contributed by atoms with Crippen molar-refractivity contribution in [1.82, 2.24) is 4.90 Å². The van der Waals surface area contributed by atoms with Gasteiger partial charge in [0.15, 0.2) is 12.4 Å². The summed E-state index contributed by atoms with van der Waals surface area (Å²) in [7, 11) is 0. The molecule has 0 bridgehead atoms. The van der Waals surface area contributed by atoms with Crippen LogP contribution in [0.4, 0.5) is 0 Å². The molecule has 2 atom stereocenters. The summed E-state index contributed by atoms with van der Waals surface area (Å²) in [5, 5.41) is 8.87. The molecule has 8 nitrogen and oxygen atoms in total. The molecule has 1 saturated heterocycles. The van der Waals surface area contributed by atoms with Crippen molar-refractivity contribution in [2.24, 2.45) is 0 Å². The van der Waals surface area contributed by atoms with Gasteiger partial charge in [-0.25, -0.2) is 0 Å². The standard InChI is InChI=1S/C28H36N2O6/c1-20-9-6-7-10-21(20)18-35-27-26(30-14-8-4-5-11-24(30)31)22-17-29(19-34-16-13-25(32)33)15-12-23(22)36-28(27,2)3/h6-7,9-10,12,15,17,26-27H,4-5,8,11,13-14,16,18-19H2,1-3H3/p+1. The maximum Gasteiger partial charge on any atom is 0.305 e. The van der Waals surface area contributed by atoms with Crippen molar-refractivity contribution in [1.29, 1.82) is 0 Å². The molecule has 1 aromatic carbocycles. The van der Waals surface area contributed by atoms with Gasteiger partial charge >= 0.3 is 5.97 Å². The van der Waals surface area contributed by atoms with E-state index in [-0.39, 0.29) is 31.7 Å². The number of aryl methyl sites for hydroxylation is 1. The first-order valence-electron chi connectivity index (χ1n) is 12.7. The highest BCUT2D eigenvalue weighted by atomic mass is 16.6. The molecule has 2 aromatic rings. The van der Waals surface area contributed by atoms with Crippen molar-refractivity contribution in [2.75, 3.05) is 13.2 Å². The van der Waals surface area contributed by atoms with Crippen molar-refractivity contribution < 1.29 is 33.5 Å². The second kappa shape index (κ2) is 11.4. The topological polar surface area (TPSA) is 89.2 Å². The van der Waals surface area contributed by atoms with Gasteiger partial charge in [0.1, 0.15) is 17.5 Å². The average Bonchev–Trinajstić information content (AvgIpc) is 3.05. The Kier molecular flexibility index (Phi) is 8.26. The number of amides is 1. The minimum atomic E-state index is -0.894. The molecule has 1 aromatic heterocycles. The molecule has 1 amide bonds. The van der Waals surface area contributed by atoms with Gasteiger partial charge in [-0.05, 0) is 44.7 Å². The Morgan fingerprint density at radius 2 is 2.03 bits per heavy atom. The van der Waals surface area contributed by atoms with Gasteiger partial charge in [0.05, 0.1) is 31.2 Å². The number of pyridine rings is 1. The number of hydrogen-bond acceptors (Lipinski definition) is 5. The zero-order valence-electron chi connectivity index (χ0n) is 21.4. The van der Waals surface area contributed by atoms with Crippen LogP contribution >= 0.6 is 0 Å². The maximum absolute atomic E-state index is 13.3. The molecule has 1 N–H and O–H groups in total. The number of nitrogens with zero attached hydrogens (tertiary/aromatic N) is 2. The maximum atomic E-state index is 13.3. The van der Waals surface area contributed by atoms with Crippen LogP contribution in [-0.2, 0) is 32.4 Å². The van der Waals surface area contributed by atoms with Crippen molar-refractivity contribution >= 4 is 11.9 Å². The van der Waals surface area contributed by atoms with Gasteiger partial charge < -0.3 is 24.2 Å². The Labute approximate surface area is 212 Å². The molecule has 0 radical (unpaired) electrons. The first kappa shape index (κ1) is 26.1. The molecule has 2 aliphatic heterocycles. The van der Waals surface area contributed by atoms with Gasteiger partial charge in [0.25, 0.3) is 6.73 Å². The number of hydrogen-bond donors (Lipinski definition) is 1. The molecule has 4 rings (SSSR count).